The molecule has 2 aromatic heterocycles. The Morgan fingerprint density at radius 3 is 2.49 bits per heavy atom. The highest BCUT2D eigenvalue weighted by Crippen LogP contribution is 2.33. The smallest absolute Gasteiger partial charge is 0.243 e. The molecule has 3 aromatic rings. The van der Waals surface area contributed by atoms with Gasteiger partial charge in [-0.3, -0.25) is 14.3 Å². The molecule has 10 nitrogen and oxygen atoms in total. The van der Waals surface area contributed by atoms with Crippen LogP contribution in [0.25, 0.3) is 11.3 Å². The second kappa shape index (κ2) is 11.6. The number of anilines is 1. The molecule has 5 rings (SSSR count). The van der Waals surface area contributed by atoms with Gasteiger partial charge in [-0.25, -0.2) is 0 Å². The molecule has 0 spiro atoms. The van der Waals surface area contributed by atoms with E-state index in [1.165, 1.54) is 0 Å². The monoisotopic (exact) mass is 533 g/mol. The van der Waals surface area contributed by atoms with Gasteiger partial charge in [0, 0.05) is 52.0 Å². The van der Waals surface area contributed by atoms with E-state index in [0.29, 0.717) is 18.7 Å². The number of aryl methyl sites for hydroxylation is 1. The van der Waals surface area contributed by atoms with Crippen LogP contribution in [0.2, 0.25) is 0 Å². The Kier molecular flexibility index (Phi) is 8.02. The third kappa shape index (κ3) is 5.71. The van der Waals surface area contributed by atoms with E-state index >= 15 is 0 Å². The number of likely N-dealkylation sites (tertiary alicyclic amines) is 1. The van der Waals surface area contributed by atoms with Gasteiger partial charge in [-0.15, -0.1) is 0 Å². The van der Waals surface area contributed by atoms with E-state index in [0.717, 1.165) is 55.2 Å². The molecular formula is C29H39N7O3. The van der Waals surface area contributed by atoms with Crippen LogP contribution in [0.1, 0.15) is 56.9 Å². The maximum atomic E-state index is 13.8. The normalized spacial score (nSPS) is 19.4. The van der Waals surface area contributed by atoms with Gasteiger partial charge in [-0.1, -0.05) is 43.3 Å². The van der Waals surface area contributed by atoms with Gasteiger partial charge in [0.25, 0.3) is 0 Å². The van der Waals surface area contributed by atoms with E-state index < -0.39 is 12.0 Å². The lowest BCUT2D eigenvalue weighted by molar-refractivity contribution is -0.141. The molecule has 0 bridgehead atoms. The van der Waals surface area contributed by atoms with Crippen molar-refractivity contribution in [1.82, 2.24) is 30.5 Å². The zero-order valence-electron chi connectivity index (χ0n) is 23.3. The van der Waals surface area contributed by atoms with Crippen molar-refractivity contribution in [3.05, 3.63) is 53.9 Å². The van der Waals surface area contributed by atoms with Gasteiger partial charge >= 0.3 is 0 Å². The first-order valence-corrected chi connectivity index (χ1v) is 13.9. The van der Waals surface area contributed by atoms with E-state index in [9.17, 15) is 9.59 Å². The van der Waals surface area contributed by atoms with Gasteiger partial charge < -0.3 is 25.0 Å². The second-order valence-electron chi connectivity index (χ2n) is 10.9. The van der Waals surface area contributed by atoms with Crippen LogP contribution in [0.15, 0.2) is 47.1 Å². The molecular weight excluding hydrogens is 494 g/mol. The fourth-order valence-corrected chi connectivity index (χ4v) is 5.68. The molecule has 3 atom stereocenters. The summed E-state index contributed by atoms with van der Waals surface area (Å²) in [7, 11) is 1.91. The molecule has 0 saturated carbocycles. The number of aromatic nitrogens is 3. The number of hydrogen-bond donors (Lipinski definition) is 2. The lowest BCUT2D eigenvalue weighted by Crippen LogP contribution is -2.48. The van der Waals surface area contributed by atoms with Crippen LogP contribution < -0.4 is 15.5 Å². The number of hydrogen-bond acceptors (Lipinski definition) is 7. The summed E-state index contributed by atoms with van der Waals surface area (Å²) in [6.07, 6.45) is 3.22. The average Bonchev–Trinajstić information content (AvgIpc) is 3.70. The maximum Gasteiger partial charge on any atom is 0.243 e. The Balaban J connectivity index is 1.26. The number of nitrogens with one attached hydrogen (secondary N) is 2. The maximum absolute atomic E-state index is 13.8. The van der Waals surface area contributed by atoms with Gasteiger partial charge in [-0.05, 0) is 42.9 Å². The quantitative estimate of drug-likeness (QED) is 0.458. The van der Waals surface area contributed by atoms with Crippen molar-refractivity contribution >= 4 is 17.6 Å². The first kappa shape index (κ1) is 26.9. The number of carbonyl (C=O) groups is 2. The highest BCUT2D eigenvalue weighted by molar-refractivity contribution is 5.91. The van der Waals surface area contributed by atoms with Crippen LogP contribution in [-0.4, -0.2) is 70.4 Å². The van der Waals surface area contributed by atoms with Crippen LogP contribution >= 0.6 is 0 Å². The van der Waals surface area contributed by atoms with Gasteiger partial charge in [0.2, 0.25) is 11.8 Å². The first-order chi connectivity index (χ1) is 18.8. The van der Waals surface area contributed by atoms with E-state index in [4.69, 9.17) is 4.52 Å². The molecule has 208 valence electrons. The van der Waals surface area contributed by atoms with Crippen LogP contribution in [0.5, 0.6) is 0 Å². The molecule has 2 amide bonds. The summed E-state index contributed by atoms with van der Waals surface area (Å²) in [6, 6.07) is 11.3. The molecule has 2 fully saturated rings. The highest BCUT2D eigenvalue weighted by Gasteiger charge is 2.40. The van der Waals surface area contributed by atoms with Crippen molar-refractivity contribution in [2.75, 3.05) is 37.6 Å². The van der Waals surface area contributed by atoms with E-state index in [2.05, 4.69) is 25.8 Å². The van der Waals surface area contributed by atoms with Crippen LogP contribution in [0.4, 0.5) is 5.82 Å². The standard InChI is InChI=1S/C29H39N7O3/c1-19(2)27(25-18-26(33-39-25)35-16-13-30-14-17-35)29(38)36-15-5-6-24(36)28(37)32-20(3)21-7-9-22(10-8-21)23-11-12-31-34(23)4/h7-12,18-20,24,27,30H,5-6,13-17H2,1-4H3,(H,32,37). The van der Waals surface area contributed by atoms with Gasteiger partial charge in [0.05, 0.1) is 11.7 Å². The zero-order chi connectivity index (χ0) is 27.5. The minimum absolute atomic E-state index is 0.00231. The summed E-state index contributed by atoms with van der Waals surface area (Å²) in [5.74, 6) is 0.659. The summed E-state index contributed by atoms with van der Waals surface area (Å²) < 4.78 is 7.55. The molecule has 2 N–H and O–H groups in total. The molecule has 39 heavy (non-hydrogen) atoms. The highest BCUT2D eigenvalue weighted by atomic mass is 16.5. The average molecular weight is 534 g/mol. The molecule has 4 heterocycles. The van der Waals surface area contributed by atoms with Crippen molar-refractivity contribution in [2.24, 2.45) is 13.0 Å². The summed E-state index contributed by atoms with van der Waals surface area (Å²) in [6.45, 7) is 10.1. The second-order valence-corrected chi connectivity index (χ2v) is 10.9. The molecule has 1 aromatic carbocycles. The minimum atomic E-state index is -0.495. The topological polar surface area (TPSA) is 109 Å². The SMILES string of the molecule is CC(NC(=O)C1CCCN1C(=O)C(c1cc(N2CCNCC2)no1)C(C)C)c1ccc(-c2ccnn2C)cc1. The van der Waals surface area contributed by atoms with Crippen molar-refractivity contribution in [2.45, 2.75) is 51.6 Å². The molecule has 0 aliphatic carbocycles. The predicted molar refractivity (Wildman–Crippen MR) is 149 cm³/mol. The third-order valence-corrected chi connectivity index (χ3v) is 7.92. The van der Waals surface area contributed by atoms with Gasteiger partial charge in [-0.2, -0.15) is 5.10 Å². The summed E-state index contributed by atoms with van der Waals surface area (Å²) in [4.78, 5) is 31.2. The Labute approximate surface area is 229 Å². The lowest BCUT2D eigenvalue weighted by Gasteiger charge is -2.29. The summed E-state index contributed by atoms with van der Waals surface area (Å²) in [5.41, 5.74) is 3.11. The fourth-order valence-electron chi connectivity index (χ4n) is 5.68. The Morgan fingerprint density at radius 2 is 1.82 bits per heavy atom. The Morgan fingerprint density at radius 1 is 1.08 bits per heavy atom. The Bertz CT molecular complexity index is 1280. The van der Waals surface area contributed by atoms with E-state index in [1.54, 1.807) is 11.1 Å². The van der Waals surface area contributed by atoms with E-state index in [-0.39, 0.29) is 23.8 Å². The number of carbonyl (C=O) groups excluding carboxylic acids is 2. The number of rotatable bonds is 8. The van der Waals surface area contributed by atoms with Crippen molar-refractivity contribution in [1.29, 1.82) is 0 Å². The molecule has 10 heteroatoms. The zero-order valence-corrected chi connectivity index (χ0v) is 23.3. The number of amides is 2. The van der Waals surface area contributed by atoms with Crippen LogP contribution in [0.3, 0.4) is 0 Å². The van der Waals surface area contributed by atoms with E-state index in [1.807, 2.05) is 68.9 Å². The van der Waals surface area contributed by atoms with Crippen molar-refractivity contribution in [3.8, 4) is 11.3 Å². The summed E-state index contributed by atoms with van der Waals surface area (Å²) >= 11 is 0. The largest absolute Gasteiger partial charge is 0.358 e. The number of piperazine rings is 1. The van der Waals surface area contributed by atoms with Gasteiger partial charge in [0.1, 0.15) is 12.0 Å². The molecule has 2 aliphatic heterocycles. The number of benzene rings is 1. The van der Waals surface area contributed by atoms with Crippen molar-refractivity contribution < 1.29 is 14.1 Å². The third-order valence-electron chi connectivity index (χ3n) is 7.92. The number of nitrogens with zero attached hydrogens (tertiary/aromatic N) is 5. The Hall–Kier alpha value is -3.66. The lowest BCUT2D eigenvalue weighted by atomic mass is 9.91. The van der Waals surface area contributed by atoms with Crippen molar-refractivity contribution in [3.63, 3.8) is 0 Å². The molecule has 2 saturated heterocycles. The fraction of sp³-hybridized carbons (Fsp3) is 0.517. The van der Waals surface area contributed by atoms with Crippen LogP contribution in [-0.2, 0) is 16.6 Å². The first-order valence-electron chi connectivity index (χ1n) is 13.9. The predicted octanol–water partition coefficient (Wildman–Crippen LogP) is 3.09. The summed E-state index contributed by atoms with van der Waals surface area (Å²) in [5, 5.41) is 15.0. The minimum Gasteiger partial charge on any atom is -0.358 e. The van der Waals surface area contributed by atoms with Crippen LogP contribution in [0, 0.1) is 5.92 Å². The molecule has 2 aliphatic rings. The van der Waals surface area contributed by atoms with Gasteiger partial charge in [0.15, 0.2) is 11.6 Å². The molecule has 3 unspecified atom stereocenters. The molecule has 0 radical (unpaired) electrons.